The Bertz CT molecular complexity index is 671. The Morgan fingerprint density at radius 3 is 1.70 bits per heavy atom. The molecule has 0 fully saturated rings. The van der Waals surface area contributed by atoms with Gasteiger partial charge >= 0.3 is 11.8 Å². The van der Waals surface area contributed by atoms with Gasteiger partial charge in [0.15, 0.2) is 0 Å². The van der Waals surface area contributed by atoms with Gasteiger partial charge in [0.05, 0.1) is 12.1 Å². The summed E-state index contributed by atoms with van der Waals surface area (Å²) < 4.78 is 12.9. The van der Waals surface area contributed by atoms with E-state index in [2.05, 4.69) is 10.6 Å². The molecule has 0 radical (unpaired) electrons. The lowest BCUT2D eigenvalue weighted by molar-refractivity contribution is -0.140. The Labute approximate surface area is 134 Å². The van der Waals surface area contributed by atoms with E-state index in [0.717, 1.165) is 11.1 Å². The number of carbonyl (C=O) groups is 2. The zero-order valence-corrected chi connectivity index (χ0v) is 13.0. The molecule has 0 saturated carbocycles. The number of rotatable bonds is 4. The number of amides is 2. The maximum atomic E-state index is 12.9. The highest BCUT2D eigenvalue weighted by Crippen LogP contribution is 2.13. The lowest BCUT2D eigenvalue weighted by Gasteiger charge is -2.17. The lowest BCUT2D eigenvalue weighted by atomic mass is 10.1. The first-order valence-electron chi connectivity index (χ1n) is 7.39. The predicted molar refractivity (Wildman–Crippen MR) is 86.0 cm³/mol. The Balaban J connectivity index is 1.92. The average Bonchev–Trinajstić information content (AvgIpc) is 2.56. The third-order valence-corrected chi connectivity index (χ3v) is 3.57. The van der Waals surface area contributed by atoms with E-state index in [1.54, 1.807) is 19.1 Å². The van der Waals surface area contributed by atoms with Crippen molar-refractivity contribution in [3.63, 3.8) is 0 Å². The minimum absolute atomic E-state index is 0.268. The second kappa shape index (κ2) is 7.54. The first kappa shape index (κ1) is 16.7. The molecule has 2 atom stereocenters. The second-order valence-corrected chi connectivity index (χ2v) is 5.35. The fourth-order valence-electron chi connectivity index (χ4n) is 2.18. The van der Waals surface area contributed by atoms with Gasteiger partial charge in [-0.15, -0.1) is 0 Å². The van der Waals surface area contributed by atoms with Crippen molar-refractivity contribution in [2.45, 2.75) is 25.9 Å². The molecule has 0 aromatic heterocycles. The van der Waals surface area contributed by atoms with Gasteiger partial charge in [0.1, 0.15) is 5.82 Å². The average molecular weight is 314 g/mol. The molecule has 2 N–H and O–H groups in total. The van der Waals surface area contributed by atoms with Crippen molar-refractivity contribution in [1.29, 1.82) is 0 Å². The smallest absolute Gasteiger partial charge is 0.309 e. The van der Waals surface area contributed by atoms with E-state index in [-0.39, 0.29) is 17.9 Å². The summed E-state index contributed by atoms with van der Waals surface area (Å²) in [5.74, 6) is -1.76. The lowest BCUT2D eigenvalue weighted by Crippen LogP contribution is -2.41. The van der Waals surface area contributed by atoms with Crippen molar-refractivity contribution < 1.29 is 14.0 Å². The normalized spacial score (nSPS) is 13.0. The van der Waals surface area contributed by atoms with Crippen molar-refractivity contribution in [3.05, 3.63) is 71.5 Å². The molecule has 0 spiro atoms. The molecule has 2 aromatic rings. The van der Waals surface area contributed by atoms with Crippen LogP contribution in [0.15, 0.2) is 54.6 Å². The van der Waals surface area contributed by atoms with Gasteiger partial charge < -0.3 is 10.6 Å². The molecule has 0 heterocycles. The van der Waals surface area contributed by atoms with E-state index in [1.807, 2.05) is 37.3 Å². The SMILES string of the molecule is CC(NC(=O)C(=O)NC(C)c1ccc(F)cc1)c1ccccc1. The molecule has 2 rings (SSSR count). The first-order chi connectivity index (χ1) is 11.0. The third-order valence-electron chi connectivity index (χ3n) is 3.57. The molecule has 0 aliphatic rings. The van der Waals surface area contributed by atoms with Gasteiger partial charge in [-0.25, -0.2) is 4.39 Å². The summed E-state index contributed by atoms with van der Waals surface area (Å²) in [6.07, 6.45) is 0. The maximum Gasteiger partial charge on any atom is 0.309 e. The van der Waals surface area contributed by atoms with Gasteiger partial charge in [-0.2, -0.15) is 0 Å². The van der Waals surface area contributed by atoms with Crippen LogP contribution in [0.3, 0.4) is 0 Å². The Kier molecular flexibility index (Phi) is 5.46. The first-order valence-corrected chi connectivity index (χ1v) is 7.39. The van der Waals surface area contributed by atoms with E-state index < -0.39 is 11.8 Å². The molecule has 5 heteroatoms. The summed E-state index contributed by atoms with van der Waals surface area (Å²) in [6, 6.07) is 14.5. The zero-order chi connectivity index (χ0) is 16.8. The van der Waals surface area contributed by atoms with Crippen LogP contribution in [0.25, 0.3) is 0 Å². The maximum absolute atomic E-state index is 12.9. The highest BCUT2D eigenvalue weighted by Gasteiger charge is 2.19. The molecule has 23 heavy (non-hydrogen) atoms. The van der Waals surface area contributed by atoms with E-state index in [0.29, 0.717) is 0 Å². The van der Waals surface area contributed by atoms with Crippen molar-refractivity contribution >= 4 is 11.8 Å². The highest BCUT2D eigenvalue weighted by molar-refractivity contribution is 6.35. The molecule has 2 amide bonds. The summed E-state index contributed by atoms with van der Waals surface area (Å²) in [5.41, 5.74) is 1.64. The Morgan fingerprint density at radius 2 is 1.22 bits per heavy atom. The van der Waals surface area contributed by atoms with Gasteiger partial charge in [-0.3, -0.25) is 9.59 Å². The standard InChI is InChI=1S/C18H19FN2O2/c1-12(14-6-4-3-5-7-14)20-17(22)18(23)21-13(2)15-8-10-16(19)11-9-15/h3-13H,1-2H3,(H,20,22)(H,21,23). The summed E-state index contributed by atoms with van der Waals surface area (Å²) in [6.45, 7) is 3.54. The molecule has 2 aromatic carbocycles. The fourth-order valence-corrected chi connectivity index (χ4v) is 2.18. The topological polar surface area (TPSA) is 58.2 Å². The van der Waals surface area contributed by atoms with Crippen molar-refractivity contribution in [2.75, 3.05) is 0 Å². The van der Waals surface area contributed by atoms with Gasteiger partial charge in [0, 0.05) is 0 Å². The van der Waals surface area contributed by atoms with Crippen LogP contribution < -0.4 is 10.6 Å². The summed E-state index contributed by atoms with van der Waals surface area (Å²) in [5, 5.41) is 5.25. The van der Waals surface area contributed by atoms with Crippen LogP contribution in [0.5, 0.6) is 0 Å². The molecule has 0 saturated heterocycles. The molecule has 0 bridgehead atoms. The largest absolute Gasteiger partial charge is 0.341 e. The highest BCUT2D eigenvalue weighted by atomic mass is 19.1. The Morgan fingerprint density at radius 1 is 0.783 bits per heavy atom. The van der Waals surface area contributed by atoms with E-state index >= 15 is 0 Å². The summed E-state index contributed by atoms with van der Waals surface area (Å²) in [4.78, 5) is 23.9. The number of nitrogens with one attached hydrogen (secondary N) is 2. The van der Waals surface area contributed by atoms with Crippen molar-refractivity contribution in [2.24, 2.45) is 0 Å². The number of hydrogen-bond acceptors (Lipinski definition) is 2. The van der Waals surface area contributed by atoms with Crippen molar-refractivity contribution in [3.8, 4) is 0 Å². The Hall–Kier alpha value is -2.69. The van der Waals surface area contributed by atoms with Crippen LogP contribution in [-0.2, 0) is 9.59 Å². The van der Waals surface area contributed by atoms with Gasteiger partial charge in [0.2, 0.25) is 0 Å². The van der Waals surface area contributed by atoms with E-state index in [1.165, 1.54) is 12.1 Å². The van der Waals surface area contributed by atoms with Crippen LogP contribution >= 0.6 is 0 Å². The van der Waals surface area contributed by atoms with E-state index in [4.69, 9.17) is 0 Å². The number of benzene rings is 2. The van der Waals surface area contributed by atoms with Gasteiger partial charge in [0.25, 0.3) is 0 Å². The van der Waals surface area contributed by atoms with Gasteiger partial charge in [-0.1, -0.05) is 42.5 Å². The van der Waals surface area contributed by atoms with Crippen LogP contribution in [0.4, 0.5) is 4.39 Å². The second-order valence-electron chi connectivity index (χ2n) is 5.35. The summed E-state index contributed by atoms with van der Waals surface area (Å²) >= 11 is 0. The fraction of sp³-hybridized carbons (Fsp3) is 0.222. The molecule has 120 valence electrons. The minimum Gasteiger partial charge on any atom is -0.341 e. The molecule has 0 aliphatic heterocycles. The molecule has 0 aliphatic carbocycles. The summed E-state index contributed by atoms with van der Waals surface area (Å²) in [7, 11) is 0. The predicted octanol–water partition coefficient (Wildman–Crippen LogP) is 2.88. The quantitative estimate of drug-likeness (QED) is 0.853. The van der Waals surface area contributed by atoms with Crippen LogP contribution in [0.2, 0.25) is 0 Å². The number of hydrogen-bond donors (Lipinski definition) is 2. The third kappa shape index (κ3) is 4.64. The van der Waals surface area contributed by atoms with Crippen LogP contribution in [0, 0.1) is 5.82 Å². The minimum atomic E-state index is -0.718. The molecular formula is C18H19FN2O2. The molecule has 2 unspecified atom stereocenters. The molecule has 4 nitrogen and oxygen atoms in total. The van der Waals surface area contributed by atoms with Crippen LogP contribution in [-0.4, -0.2) is 11.8 Å². The number of halogens is 1. The zero-order valence-electron chi connectivity index (χ0n) is 13.0. The molecular weight excluding hydrogens is 295 g/mol. The van der Waals surface area contributed by atoms with Gasteiger partial charge in [-0.05, 0) is 37.1 Å². The van der Waals surface area contributed by atoms with E-state index in [9.17, 15) is 14.0 Å². The number of carbonyl (C=O) groups excluding carboxylic acids is 2. The monoisotopic (exact) mass is 314 g/mol. The van der Waals surface area contributed by atoms with Crippen LogP contribution in [0.1, 0.15) is 37.1 Å². The van der Waals surface area contributed by atoms with Crippen molar-refractivity contribution in [1.82, 2.24) is 10.6 Å².